The van der Waals surface area contributed by atoms with Crippen LogP contribution in [0, 0.1) is 6.92 Å². The Balaban J connectivity index is 1.18. The van der Waals surface area contributed by atoms with Crippen LogP contribution >= 0.6 is 0 Å². The molecular weight excluding hydrogens is 412 g/mol. The number of anilines is 1. The van der Waals surface area contributed by atoms with E-state index in [-0.39, 0.29) is 0 Å². The van der Waals surface area contributed by atoms with Crippen LogP contribution in [0.15, 0.2) is 47.0 Å². The Morgan fingerprint density at radius 1 is 0.909 bits per heavy atom. The van der Waals surface area contributed by atoms with Gasteiger partial charge in [-0.05, 0) is 50.2 Å². The predicted molar refractivity (Wildman–Crippen MR) is 132 cm³/mol. The minimum Gasteiger partial charge on any atom is -0.441 e. The zero-order valence-electron chi connectivity index (χ0n) is 19.5. The highest BCUT2D eigenvalue weighted by Gasteiger charge is 2.34. The Kier molecular flexibility index (Phi) is 5.03. The van der Waals surface area contributed by atoms with Crippen molar-refractivity contribution in [1.29, 1.82) is 0 Å². The van der Waals surface area contributed by atoms with Gasteiger partial charge in [-0.25, -0.2) is 9.97 Å². The van der Waals surface area contributed by atoms with Crippen LogP contribution < -0.4 is 4.90 Å². The molecule has 2 aliphatic heterocycles. The predicted octanol–water partition coefficient (Wildman–Crippen LogP) is 3.96. The Labute approximate surface area is 194 Å². The highest BCUT2D eigenvalue weighted by molar-refractivity contribution is 5.84. The molecule has 7 heteroatoms. The van der Waals surface area contributed by atoms with E-state index in [9.17, 15) is 0 Å². The van der Waals surface area contributed by atoms with E-state index in [1.807, 2.05) is 43.5 Å². The van der Waals surface area contributed by atoms with Crippen molar-refractivity contribution in [2.75, 3.05) is 44.2 Å². The third-order valence-corrected chi connectivity index (χ3v) is 7.14. The van der Waals surface area contributed by atoms with Crippen molar-refractivity contribution < 1.29 is 4.42 Å². The quantitative estimate of drug-likeness (QED) is 0.474. The van der Waals surface area contributed by atoms with Crippen molar-refractivity contribution in [2.24, 2.45) is 0 Å². The summed E-state index contributed by atoms with van der Waals surface area (Å²) in [6.07, 6.45) is 1.99. The number of hydrogen-bond donors (Lipinski definition) is 0. The molecule has 5 heterocycles. The zero-order valence-corrected chi connectivity index (χ0v) is 19.5. The van der Waals surface area contributed by atoms with Gasteiger partial charge in [0.1, 0.15) is 5.52 Å². The van der Waals surface area contributed by atoms with Crippen molar-refractivity contribution in [3.63, 3.8) is 0 Å². The van der Waals surface area contributed by atoms with Gasteiger partial charge in [0, 0.05) is 63.8 Å². The van der Waals surface area contributed by atoms with E-state index >= 15 is 0 Å². The maximum atomic E-state index is 5.61. The summed E-state index contributed by atoms with van der Waals surface area (Å²) in [5.74, 6) is 0.678. The number of nitrogens with zero attached hydrogens (tertiary/aromatic N) is 6. The van der Waals surface area contributed by atoms with Crippen LogP contribution in [-0.4, -0.2) is 76.1 Å². The highest BCUT2D eigenvalue weighted by Crippen LogP contribution is 2.29. The average Bonchev–Trinajstić information content (AvgIpc) is 3.17. The number of oxazole rings is 1. The summed E-state index contributed by atoms with van der Waals surface area (Å²) in [4.78, 5) is 21.7. The van der Waals surface area contributed by atoms with Crippen molar-refractivity contribution in [3.8, 4) is 11.3 Å². The first-order valence-electron chi connectivity index (χ1n) is 11.9. The van der Waals surface area contributed by atoms with E-state index in [2.05, 4.69) is 44.6 Å². The van der Waals surface area contributed by atoms with Crippen LogP contribution in [0.25, 0.3) is 33.4 Å². The molecule has 0 amide bonds. The van der Waals surface area contributed by atoms with Gasteiger partial charge < -0.3 is 9.32 Å². The van der Waals surface area contributed by atoms with Crippen molar-refractivity contribution in [2.45, 2.75) is 32.9 Å². The molecule has 0 N–H and O–H groups in total. The van der Waals surface area contributed by atoms with Gasteiger partial charge in [-0.15, -0.1) is 0 Å². The van der Waals surface area contributed by atoms with Gasteiger partial charge in [-0.1, -0.05) is 0 Å². The summed E-state index contributed by atoms with van der Waals surface area (Å²) < 4.78 is 5.61. The summed E-state index contributed by atoms with van der Waals surface area (Å²) in [7, 11) is 0. The summed E-state index contributed by atoms with van der Waals surface area (Å²) in [6, 6.07) is 13.6. The van der Waals surface area contributed by atoms with Gasteiger partial charge in [-0.2, -0.15) is 0 Å². The van der Waals surface area contributed by atoms with Gasteiger partial charge in [-0.3, -0.25) is 14.8 Å². The zero-order chi connectivity index (χ0) is 22.5. The number of fused-ring (bicyclic) bond motifs is 2. The first-order chi connectivity index (χ1) is 16.0. The third kappa shape index (κ3) is 3.85. The molecule has 0 spiro atoms. The molecule has 0 unspecified atom stereocenters. The topological polar surface area (TPSA) is 61.5 Å². The van der Waals surface area contributed by atoms with Gasteiger partial charge in [0.05, 0.1) is 28.6 Å². The molecule has 0 aliphatic carbocycles. The first kappa shape index (κ1) is 20.6. The number of piperazine rings is 1. The van der Waals surface area contributed by atoms with Gasteiger partial charge >= 0.3 is 0 Å². The van der Waals surface area contributed by atoms with Crippen LogP contribution in [0.2, 0.25) is 0 Å². The SMILES string of the molecule is Cc1nc2cc(-c3ccc4ncc(N5CC(N6CCN(C(C)C)CC6)C5)cc4n3)ccc2o1. The molecule has 0 bridgehead atoms. The number of benzene rings is 1. The average molecular weight is 443 g/mol. The molecule has 170 valence electrons. The van der Waals surface area contributed by atoms with Gasteiger partial charge in [0.2, 0.25) is 0 Å². The van der Waals surface area contributed by atoms with Crippen LogP contribution in [0.3, 0.4) is 0 Å². The monoisotopic (exact) mass is 442 g/mol. The fourth-order valence-electron chi connectivity index (χ4n) is 5.05. The summed E-state index contributed by atoms with van der Waals surface area (Å²) in [6.45, 7) is 13.3. The molecule has 7 nitrogen and oxygen atoms in total. The maximum Gasteiger partial charge on any atom is 0.192 e. The minimum absolute atomic E-state index is 0.645. The fraction of sp³-hybridized carbons (Fsp3) is 0.423. The Bertz CT molecular complexity index is 1300. The van der Waals surface area contributed by atoms with Gasteiger partial charge in [0.15, 0.2) is 11.5 Å². The summed E-state index contributed by atoms with van der Waals surface area (Å²) in [5.41, 5.74) is 6.63. The molecular formula is C26H30N6O. The van der Waals surface area contributed by atoms with Crippen molar-refractivity contribution >= 4 is 27.8 Å². The lowest BCUT2D eigenvalue weighted by Gasteiger charge is -2.49. The number of pyridine rings is 2. The first-order valence-corrected chi connectivity index (χ1v) is 11.9. The van der Waals surface area contributed by atoms with E-state index in [1.165, 1.54) is 26.2 Å². The lowest BCUT2D eigenvalue weighted by atomic mass is 10.0. The molecule has 2 aliphatic rings. The molecule has 33 heavy (non-hydrogen) atoms. The Hall–Kier alpha value is -3.03. The van der Waals surface area contributed by atoms with E-state index in [0.29, 0.717) is 18.0 Å². The van der Waals surface area contributed by atoms with Gasteiger partial charge in [0.25, 0.3) is 0 Å². The highest BCUT2D eigenvalue weighted by atomic mass is 16.3. The Morgan fingerprint density at radius 3 is 2.52 bits per heavy atom. The molecule has 4 aromatic rings. The van der Waals surface area contributed by atoms with Crippen LogP contribution in [0.4, 0.5) is 5.69 Å². The molecule has 3 aromatic heterocycles. The standard InChI is InChI=1S/C26H30N6O/c1-17(2)30-8-10-31(11-9-30)21-15-32(16-21)20-13-24-23(27-14-20)6-5-22(29-24)19-4-7-26-25(12-19)28-18(3)33-26/h4-7,12-14,17,21H,8-11,15-16H2,1-3H3. The normalized spacial score (nSPS) is 18.5. The van der Waals surface area contributed by atoms with Crippen LogP contribution in [0.5, 0.6) is 0 Å². The number of aromatic nitrogens is 3. The molecule has 1 aromatic carbocycles. The number of rotatable bonds is 4. The second-order valence-electron chi connectivity index (χ2n) is 9.57. The third-order valence-electron chi connectivity index (χ3n) is 7.14. The lowest BCUT2D eigenvalue weighted by Crippen LogP contribution is -2.63. The maximum absolute atomic E-state index is 5.61. The summed E-state index contributed by atoms with van der Waals surface area (Å²) in [5, 5.41) is 0. The summed E-state index contributed by atoms with van der Waals surface area (Å²) >= 11 is 0. The molecule has 0 saturated carbocycles. The molecule has 2 fully saturated rings. The lowest BCUT2D eigenvalue weighted by molar-refractivity contribution is 0.0678. The minimum atomic E-state index is 0.645. The molecule has 6 rings (SSSR count). The van der Waals surface area contributed by atoms with Crippen LogP contribution in [-0.2, 0) is 0 Å². The molecule has 0 radical (unpaired) electrons. The van der Waals surface area contributed by atoms with Crippen LogP contribution in [0.1, 0.15) is 19.7 Å². The molecule has 2 saturated heterocycles. The second kappa shape index (κ2) is 8.08. The van der Waals surface area contributed by atoms with E-state index < -0.39 is 0 Å². The van der Waals surface area contributed by atoms with Crippen molar-refractivity contribution in [3.05, 3.63) is 48.5 Å². The van der Waals surface area contributed by atoms with E-state index in [4.69, 9.17) is 9.40 Å². The number of hydrogen-bond acceptors (Lipinski definition) is 7. The fourth-order valence-corrected chi connectivity index (χ4v) is 5.05. The molecule has 0 atom stereocenters. The Morgan fingerprint density at radius 2 is 1.73 bits per heavy atom. The smallest absolute Gasteiger partial charge is 0.192 e. The van der Waals surface area contributed by atoms with E-state index in [0.717, 1.165) is 52.2 Å². The van der Waals surface area contributed by atoms with Crippen molar-refractivity contribution in [1.82, 2.24) is 24.8 Å². The largest absolute Gasteiger partial charge is 0.441 e. The second-order valence-corrected chi connectivity index (χ2v) is 9.57. The van der Waals surface area contributed by atoms with E-state index in [1.54, 1.807) is 0 Å². The number of aryl methyl sites for hydroxylation is 1.